The van der Waals surface area contributed by atoms with Crippen molar-refractivity contribution in [1.29, 1.82) is 0 Å². The van der Waals surface area contributed by atoms with Crippen LogP contribution >= 0.6 is 0 Å². The second-order valence-electron chi connectivity index (χ2n) is 10.8. The summed E-state index contributed by atoms with van der Waals surface area (Å²) >= 11 is 0. The molecule has 5 rings (SSSR count). The van der Waals surface area contributed by atoms with E-state index in [1.807, 2.05) is 0 Å². The summed E-state index contributed by atoms with van der Waals surface area (Å²) in [6, 6.07) is 4.28. The average Bonchev–Trinajstić information content (AvgIpc) is 3.71. The van der Waals surface area contributed by atoms with Crippen molar-refractivity contribution in [3.05, 3.63) is 23.4 Å². The molecule has 1 saturated heterocycles. The lowest BCUT2D eigenvalue weighted by atomic mass is 9.91. The second kappa shape index (κ2) is 9.70. The first kappa shape index (κ1) is 22.2. The summed E-state index contributed by atoms with van der Waals surface area (Å²) in [4.78, 5) is 4.78. The van der Waals surface area contributed by atoms with Crippen molar-refractivity contribution in [2.75, 3.05) is 46.9 Å². The van der Waals surface area contributed by atoms with Crippen LogP contribution in [0.15, 0.2) is 16.7 Å². The maximum absolute atomic E-state index is 9.27. The van der Waals surface area contributed by atoms with Crippen molar-refractivity contribution >= 4 is 11.0 Å². The molecule has 2 atom stereocenters. The monoisotopic (exact) mass is 441 g/mol. The zero-order valence-electron chi connectivity index (χ0n) is 19.8. The van der Waals surface area contributed by atoms with Gasteiger partial charge in [0.25, 0.3) is 0 Å². The van der Waals surface area contributed by atoms with E-state index in [-0.39, 0.29) is 0 Å². The molecule has 6 heteroatoms. The predicted molar refractivity (Wildman–Crippen MR) is 126 cm³/mol. The molecule has 0 radical (unpaired) electrons. The van der Waals surface area contributed by atoms with Crippen LogP contribution < -0.4 is 4.74 Å². The fourth-order valence-corrected chi connectivity index (χ4v) is 5.25. The van der Waals surface area contributed by atoms with Crippen LogP contribution in [-0.4, -0.2) is 67.0 Å². The molecular formula is C26H39N3O3. The van der Waals surface area contributed by atoms with Crippen molar-refractivity contribution in [3.63, 3.8) is 0 Å². The van der Waals surface area contributed by atoms with Gasteiger partial charge in [-0.05, 0) is 108 Å². The average molecular weight is 442 g/mol. The topological polar surface area (TPSA) is 62.0 Å². The van der Waals surface area contributed by atoms with Crippen LogP contribution in [0.2, 0.25) is 0 Å². The highest BCUT2D eigenvalue weighted by Gasteiger charge is 2.37. The highest BCUT2D eigenvalue weighted by Crippen LogP contribution is 2.39. The van der Waals surface area contributed by atoms with Crippen LogP contribution in [0.4, 0.5) is 0 Å². The molecule has 2 aliphatic carbocycles. The molecule has 2 saturated carbocycles. The minimum Gasteiger partial charge on any atom is -0.493 e. The van der Waals surface area contributed by atoms with E-state index in [2.05, 4.69) is 41.2 Å². The lowest BCUT2D eigenvalue weighted by Gasteiger charge is -2.32. The second-order valence-corrected chi connectivity index (χ2v) is 10.8. The van der Waals surface area contributed by atoms with E-state index in [0.29, 0.717) is 12.5 Å². The molecular weight excluding hydrogens is 402 g/mol. The van der Waals surface area contributed by atoms with Gasteiger partial charge in [0, 0.05) is 25.1 Å². The molecule has 0 unspecified atom stereocenters. The Labute approximate surface area is 191 Å². The number of ether oxygens (including phenoxy) is 1. The third-order valence-electron chi connectivity index (χ3n) is 7.71. The van der Waals surface area contributed by atoms with Gasteiger partial charge < -0.3 is 24.2 Å². The van der Waals surface area contributed by atoms with Gasteiger partial charge in [-0.25, -0.2) is 0 Å². The largest absolute Gasteiger partial charge is 0.493 e. The first-order valence-electron chi connectivity index (χ1n) is 12.6. The highest BCUT2D eigenvalue weighted by molar-refractivity contribution is 5.84. The summed E-state index contributed by atoms with van der Waals surface area (Å²) in [5.74, 6) is 3.77. The number of aromatic nitrogens is 1. The van der Waals surface area contributed by atoms with Gasteiger partial charge in [0.05, 0.1) is 17.9 Å². The van der Waals surface area contributed by atoms with Gasteiger partial charge in [-0.15, -0.1) is 0 Å². The Hall–Kier alpha value is -1.63. The predicted octanol–water partition coefficient (Wildman–Crippen LogP) is 3.95. The highest BCUT2D eigenvalue weighted by atomic mass is 16.5. The fourth-order valence-electron chi connectivity index (χ4n) is 5.25. The third-order valence-corrected chi connectivity index (χ3v) is 7.71. The summed E-state index contributed by atoms with van der Waals surface area (Å²) < 4.78 is 12.0. The number of fused-ring (bicyclic) bond motifs is 1. The summed E-state index contributed by atoms with van der Waals surface area (Å²) in [5, 5.41) is 14.9. The number of likely N-dealkylation sites (tertiary alicyclic amines) is 1. The molecule has 1 aromatic carbocycles. The zero-order chi connectivity index (χ0) is 22.1. The number of aliphatic hydroxyl groups excluding tert-OH is 1. The molecule has 2 aromatic rings. The molecule has 3 fully saturated rings. The number of piperidine rings is 1. The van der Waals surface area contributed by atoms with Crippen LogP contribution in [0.25, 0.3) is 11.0 Å². The zero-order valence-corrected chi connectivity index (χ0v) is 19.8. The number of hydrogen-bond acceptors (Lipinski definition) is 6. The molecule has 0 amide bonds. The van der Waals surface area contributed by atoms with Gasteiger partial charge in [-0.3, -0.25) is 0 Å². The standard InChI is InChI=1S/C26H39N3O3/c1-28(2)15-23-25(31-17-19-3-4-19)8-6-22-24(27-32-26(22)23)7-5-18-9-11-29(12-10-18)14-20-13-21(20)16-30/h6,8,18-21,30H,3-5,7,9-17H2,1-2H3/t20-,21-/m0/s1. The summed E-state index contributed by atoms with van der Waals surface area (Å²) in [6.07, 6.45) is 8.52. The van der Waals surface area contributed by atoms with Crippen LogP contribution in [0.3, 0.4) is 0 Å². The van der Waals surface area contributed by atoms with Crippen molar-refractivity contribution < 1.29 is 14.4 Å². The van der Waals surface area contributed by atoms with Crippen molar-refractivity contribution in [1.82, 2.24) is 15.0 Å². The number of aryl methyl sites for hydroxylation is 1. The molecule has 0 spiro atoms. The van der Waals surface area contributed by atoms with Gasteiger partial charge in [0.15, 0.2) is 5.58 Å². The van der Waals surface area contributed by atoms with Crippen molar-refractivity contribution in [2.24, 2.45) is 23.7 Å². The van der Waals surface area contributed by atoms with E-state index in [0.717, 1.165) is 65.3 Å². The van der Waals surface area contributed by atoms with Crippen molar-refractivity contribution in [2.45, 2.75) is 51.5 Å². The Kier molecular flexibility index (Phi) is 6.72. The minimum absolute atomic E-state index is 0.372. The molecule has 3 aliphatic rings. The van der Waals surface area contributed by atoms with Crippen LogP contribution in [0.5, 0.6) is 5.75 Å². The van der Waals surface area contributed by atoms with Gasteiger partial charge >= 0.3 is 0 Å². The molecule has 32 heavy (non-hydrogen) atoms. The quantitative estimate of drug-likeness (QED) is 0.570. The van der Waals surface area contributed by atoms with E-state index in [9.17, 15) is 5.11 Å². The smallest absolute Gasteiger partial charge is 0.175 e. The Morgan fingerprint density at radius 1 is 1.12 bits per heavy atom. The van der Waals surface area contributed by atoms with Gasteiger partial charge in [-0.2, -0.15) is 0 Å². The van der Waals surface area contributed by atoms with Gasteiger partial charge in [0.2, 0.25) is 0 Å². The van der Waals surface area contributed by atoms with Gasteiger partial charge in [-0.1, -0.05) is 5.16 Å². The van der Waals surface area contributed by atoms with E-state index < -0.39 is 0 Å². The Bertz CT molecular complexity index is 899. The molecule has 1 aromatic heterocycles. The fraction of sp³-hybridized carbons (Fsp3) is 0.731. The first-order chi connectivity index (χ1) is 15.6. The SMILES string of the molecule is CN(C)Cc1c(OCC2CC2)ccc2c(CCC3CCN(C[C@@H]4C[C@H]4CO)CC3)noc12. The lowest BCUT2D eigenvalue weighted by Crippen LogP contribution is -2.35. The molecule has 1 aliphatic heterocycles. The number of hydrogen-bond donors (Lipinski definition) is 1. The van der Waals surface area contributed by atoms with Crippen LogP contribution in [0.1, 0.15) is 49.8 Å². The van der Waals surface area contributed by atoms with E-state index in [1.165, 1.54) is 58.2 Å². The Morgan fingerprint density at radius 3 is 2.62 bits per heavy atom. The van der Waals surface area contributed by atoms with Crippen LogP contribution in [0, 0.1) is 23.7 Å². The maximum atomic E-state index is 9.27. The molecule has 6 nitrogen and oxygen atoms in total. The lowest BCUT2D eigenvalue weighted by molar-refractivity contribution is 0.166. The van der Waals surface area contributed by atoms with E-state index >= 15 is 0 Å². The first-order valence-corrected chi connectivity index (χ1v) is 12.6. The minimum atomic E-state index is 0.372. The summed E-state index contributed by atoms with van der Waals surface area (Å²) in [6.45, 7) is 5.57. The number of rotatable bonds is 11. The van der Waals surface area contributed by atoms with Gasteiger partial charge in [0.1, 0.15) is 5.75 Å². The molecule has 1 N–H and O–H groups in total. The maximum Gasteiger partial charge on any atom is 0.175 e. The summed E-state index contributed by atoms with van der Waals surface area (Å²) in [7, 11) is 4.17. The Morgan fingerprint density at radius 2 is 1.94 bits per heavy atom. The Balaban J connectivity index is 1.18. The normalized spacial score (nSPS) is 24.5. The van der Waals surface area contributed by atoms with Crippen LogP contribution in [-0.2, 0) is 13.0 Å². The number of benzene rings is 1. The molecule has 2 heterocycles. The summed E-state index contributed by atoms with van der Waals surface area (Å²) in [5.41, 5.74) is 3.13. The van der Waals surface area contributed by atoms with E-state index in [1.54, 1.807) is 0 Å². The molecule has 176 valence electrons. The molecule has 0 bridgehead atoms. The van der Waals surface area contributed by atoms with Crippen molar-refractivity contribution in [3.8, 4) is 5.75 Å². The third kappa shape index (κ3) is 5.29. The van der Waals surface area contributed by atoms with E-state index in [4.69, 9.17) is 9.26 Å². The number of aliphatic hydroxyl groups is 1. The number of nitrogens with zero attached hydrogens (tertiary/aromatic N) is 3.